The first-order valence-corrected chi connectivity index (χ1v) is 10.2. The van der Waals surface area contributed by atoms with Gasteiger partial charge in [-0.1, -0.05) is 39.7 Å². The Morgan fingerprint density at radius 2 is 1.63 bits per heavy atom. The fourth-order valence-corrected chi connectivity index (χ4v) is 4.27. The van der Waals surface area contributed by atoms with Crippen molar-refractivity contribution >= 4 is 65.9 Å². The zero-order chi connectivity index (χ0) is 19.5. The van der Waals surface area contributed by atoms with Crippen LogP contribution in [0.2, 0.25) is 5.02 Å². The molecule has 0 spiro atoms. The standard InChI is InChI=1S/C18H9BrClNO5S/c19-13-6-5-12-16-10(13)2-1-3-11(16)17(22)21(18(12)23)15-8-9(27(24,25)26)4-7-14(15)20/h1-8H,(H,24,25,26). The molecule has 27 heavy (non-hydrogen) atoms. The monoisotopic (exact) mass is 465 g/mol. The normalized spacial score (nSPS) is 14.1. The van der Waals surface area contributed by atoms with Crippen LogP contribution >= 0.6 is 27.5 Å². The molecule has 0 saturated carbocycles. The van der Waals surface area contributed by atoms with Crippen molar-refractivity contribution in [1.29, 1.82) is 0 Å². The SMILES string of the molecule is O=C1c2cccc3c(Br)ccc(c23)C(=O)N1c1cc(S(=O)(=O)O)ccc1Cl. The van der Waals surface area contributed by atoms with E-state index < -0.39 is 26.8 Å². The van der Waals surface area contributed by atoms with Gasteiger partial charge in [0.25, 0.3) is 21.9 Å². The van der Waals surface area contributed by atoms with E-state index in [2.05, 4.69) is 15.9 Å². The second-order valence-corrected chi connectivity index (χ2v) is 8.54. The number of anilines is 1. The summed E-state index contributed by atoms with van der Waals surface area (Å²) < 4.78 is 32.9. The number of rotatable bonds is 2. The van der Waals surface area contributed by atoms with Crippen LogP contribution in [-0.4, -0.2) is 24.8 Å². The van der Waals surface area contributed by atoms with Crippen LogP contribution in [0.15, 0.2) is 57.9 Å². The first-order valence-electron chi connectivity index (χ1n) is 7.57. The number of carbonyl (C=O) groups excluding carboxylic acids is 2. The first-order chi connectivity index (χ1) is 12.7. The van der Waals surface area contributed by atoms with E-state index in [1.165, 1.54) is 6.07 Å². The molecule has 0 bridgehead atoms. The maximum Gasteiger partial charge on any atom is 0.294 e. The zero-order valence-corrected chi connectivity index (χ0v) is 16.5. The minimum absolute atomic E-state index is 0.00293. The number of halogens is 2. The minimum atomic E-state index is -4.54. The van der Waals surface area contributed by atoms with Crippen LogP contribution < -0.4 is 4.90 Å². The van der Waals surface area contributed by atoms with Gasteiger partial charge in [0, 0.05) is 21.0 Å². The van der Waals surface area contributed by atoms with Gasteiger partial charge in [0.2, 0.25) is 0 Å². The van der Waals surface area contributed by atoms with Crippen LogP contribution in [0.1, 0.15) is 20.7 Å². The first kappa shape index (κ1) is 18.1. The van der Waals surface area contributed by atoms with Gasteiger partial charge < -0.3 is 0 Å². The van der Waals surface area contributed by atoms with Crippen LogP contribution in [0.25, 0.3) is 10.8 Å². The summed E-state index contributed by atoms with van der Waals surface area (Å²) in [6.45, 7) is 0. The van der Waals surface area contributed by atoms with Crippen molar-refractivity contribution in [1.82, 2.24) is 0 Å². The Balaban J connectivity index is 1.99. The zero-order valence-electron chi connectivity index (χ0n) is 13.3. The van der Waals surface area contributed by atoms with Gasteiger partial charge in [-0.2, -0.15) is 8.42 Å². The molecule has 3 aromatic carbocycles. The Morgan fingerprint density at radius 1 is 0.963 bits per heavy atom. The maximum absolute atomic E-state index is 13.1. The van der Waals surface area contributed by atoms with E-state index in [9.17, 15) is 22.6 Å². The van der Waals surface area contributed by atoms with Crippen LogP contribution in [0, 0.1) is 0 Å². The summed E-state index contributed by atoms with van der Waals surface area (Å²) in [4.78, 5) is 26.5. The third-order valence-corrected chi connectivity index (χ3v) is 6.17. The molecular weight excluding hydrogens is 458 g/mol. The smallest absolute Gasteiger partial charge is 0.282 e. The maximum atomic E-state index is 13.1. The molecule has 1 N–H and O–H groups in total. The molecule has 0 aromatic heterocycles. The summed E-state index contributed by atoms with van der Waals surface area (Å²) in [6.07, 6.45) is 0. The largest absolute Gasteiger partial charge is 0.294 e. The summed E-state index contributed by atoms with van der Waals surface area (Å²) in [5, 5.41) is 1.22. The highest BCUT2D eigenvalue weighted by molar-refractivity contribution is 9.10. The molecule has 136 valence electrons. The molecular formula is C18H9BrClNO5S. The third-order valence-electron chi connectivity index (χ3n) is 4.31. The van der Waals surface area contributed by atoms with Crippen LogP contribution in [0.5, 0.6) is 0 Å². The highest BCUT2D eigenvalue weighted by Crippen LogP contribution is 2.38. The molecule has 9 heteroatoms. The molecule has 1 heterocycles. The van der Waals surface area contributed by atoms with Crippen molar-refractivity contribution in [3.05, 3.63) is 69.2 Å². The van der Waals surface area contributed by atoms with Crippen molar-refractivity contribution < 1.29 is 22.6 Å². The second kappa shape index (κ2) is 6.13. The van der Waals surface area contributed by atoms with Gasteiger partial charge >= 0.3 is 0 Å². The van der Waals surface area contributed by atoms with Crippen molar-refractivity contribution in [2.75, 3.05) is 4.90 Å². The molecule has 0 saturated heterocycles. The number of hydrogen-bond donors (Lipinski definition) is 1. The highest BCUT2D eigenvalue weighted by Gasteiger charge is 2.35. The van der Waals surface area contributed by atoms with E-state index >= 15 is 0 Å². The lowest BCUT2D eigenvalue weighted by atomic mass is 9.94. The van der Waals surface area contributed by atoms with Gasteiger partial charge in [-0.05, 0) is 41.8 Å². The number of benzene rings is 3. The van der Waals surface area contributed by atoms with Crippen molar-refractivity contribution in [3.8, 4) is 0 Å². The van der Waals surface area contributed by atoms with Crippen molar-refractivity contribution in [2.24, 2.45) is 0 Å². The molecule has 0 radical (unpaired) electrons. The Labute approximate surface area is 167 Å². The highest BCUT2D eigenvalue weighted by atomic mass is 79.9. The number of hydrogen-bond acceptors (Lipinski definition) is 4. The molecule has 4 rings (SSSR count). The van der Waals surface area contributed by atoms with E-state index in [0.717, 1.165) is 21.5 Å². The van der Waals surface area contributed by atoms with E-state index in [1.54, 1.807) is 30.3 Å². The van der Waals surface area contributed by atoms with Crippen molar-refractivity contribution in [2.45, 2.75) is 4.90 Å². The van der Waals surface area contributed by atoms with Crippen LogP contribution in [0.4, 0.5) is 5.69 Å². The Morgan fingerprint density at radius 3 is 2.30 bits per heavy atom. The summed E-state index contributed by atoms with van der Waals surface area (Å²) in [7, 11) is -4.54. The molecule has 0 unspecified atom stereocenters. The number of carbonyl (C=O) groups is 2. The predicted molar refractivity (Wildman–Crippen MR) is 104 cm³/mol. The topological polar surface area (TPSA) is 91.8 Å². The number of nitrogens with zero attached hydrogens (tertiary/aromatic N) is 1. The summed E-state index contributed by atoms with van der Waals surface area (Å²) in [6, 6.07) is 11.6. The molecule has 1 aliphatic heterocycles. The molecule has 3 aromatic rings. The van der Waals surface area contributed by atoms with Crippen molar-refractivity contribution in [3.63, 3.8) is 0 Å². The lowest BCUT2D eigenvalue weighted by Gasteiger charge is -2.28. The summed E-state index contributed by atoms with van der Waals surface area (Å²) >= 11 is 9.54. The minimum Gasteiger partial charge on any atom is -0.282 e. The van der Waals surface area contributed by atoms with Gasteiger partial charge in [-0.25, -0.2) is 4.90 Å². The molecule has 2 amide bonds. The lowest BCUT2D eigenvalue weighted by molar-refractivity contribution is 0.0893. The average Bonchev–Trinajstić information content (AvgIpc) is 2.61. The molecule has 1 aliphatic rings. The summed E-state index contributed by atoms with van der Waals surface area (Å²) in [5.74, 6) is -1.27. The third kappa shape index (κ3) is 2.76. The Kier molecular flexibility index (Phi) is 4.12. The van der Waals surface area contributed by atoms with Crippen LogP contribution in [0.3, 0.4) is 0 Å². The van der Waals surface area contributed by atoms with Gasteiger partial charge in [-0.15, -0.1) is 0 Å². The quantitative estimate of drug-likeness (QED) is 0.449. The Bertz CT molecular complexity index is 1250. The average molecular weight is 467 g/mol. The molecule has 0 aliphatic carbocycles. The van der Waals surface area contributed by atoms with Crippen LogP contribution in [-0.2, 0) is 10.1 Å². The van der Waals surface area contributed by atoms with E-state index in [4.69, 9.17) is 11.6 Å². The number of amides is 2. The molecule has 0 fully saturated rings. The van der Waals surface area contributed by atoms with E-state index in [-0.39, 0.29) is 21.8 Å². The van der Waals surface area contributed by atoms with Gasteiger partial charge in [-0.3, -0.25) is 14.1 Å². The fourth-order valence-electron chi connectivity index (χ4n) is 3.10. The van der Waals surface area contributed by atoms with Gasteiger partial charge in [0.05, 0.1) is 15.6 Å². The van der Waals surface area contributed by atoms with Gasteiger partial charge in [0.15, 0.2) is 0 Å². The fraction of sp³-hybridized carbons (Fsp3) is 0. The van der Waals surface area contributed by atoms with Gasteiger partial charge in [0.1, 0.15) is 0 Å². The second-order valence-electron chi connectivity index (χ2n) is 5.86. The molecule has 0 atom stereocenters. The number of imide groups is 1. The van der Waals surface area contributed by atoms with E-state index in [1.807, 2.05) is 0 Å². The lowest BCUT2D eigenvalue weighted by Crippen LogP contribution is -2.40. The van der Waals surface area contributed by atoms with E-state index in [0.29, 0.717) is 10.8 Å². The summed E-state index contributed by atoms with van der Waals surface area (Å²) in [5.41, 5.74) is 0.459. The Hall–Kier alpha value is -2.26. The molecule has 6 nitrogen and oxygen atoms in total. The predicted octanol–water partition coefficient (Wildman–Crippen LogP) is 4.30.